The van der Waals surface area contributed by atoms with Gasteiger partial charge in [-0.3, -0.25) is 4.57 Å². The molecule has 0 radical (unpaired) electrons. The maximum Gasteiger partial charge on any atom is 0.356 e. The standard InChI is InChI=1S/C26H40ClN4O7P/c1-6-34-39(32,35-7-2)15-33-14-20-22-23(38-26(4,5)37-22)21(36-20)16(3)18-12-13-19-24(28-17-10-8-9-11-17)29-25(27)30-31(18)19/h12-13,16-17,20-23H,6-11,14-15H2,1-5H3,(H,28,29,30)/t16?,20-,21-,22-,23+/m1/s1. The molecule has 218 valence electrons. The van der Waals surface area contributed by atoms with Crippen LogP contribution >= 0.6 is 19.2 Å². The Morgan fingerprint density at radius 1 is 1.18 bits per heavy atom. The first kappa shape index (κ1) is 29.2. The van der Waals surface area contributed by atoms with Crippen LogP contribution in [0.3, 0.4) is 0 Å². The van der Waals surface area contributed by atoms with Crippen LogP contribution in [-0.2, 0) is 32.6 Å². The van der Waals surface area contributed by atoms with Crippen molar-refractivity contribution in [1.82, 2.24) is 14.6 Å². The maximum absolute atomic E-state index is 12.8. The molecule has 0 spiro atoms. The van der Waals surface area contributed by atoms with Crippen molar-refractivity contribution in [3.8, 4) is 0 Å². The Hall–Kier alpha value is -1.30. The summed E-state index contributed by atoms with van der Waals surface area (Å²) >= 11 is 6.37. The third-order valence-electron chi connectivity index (χ3n) is 7.54. The zero-order chi connectivity index (χ0) is 27.8. The van der Waals surface area contributed by atoms with Crippen LogP contribution in [0.4, 0.5) is 5.82 Å². The monoisotopic (exact) mass is 586 g/mol. The first-order valence-corrected chi connectivity index (χ1v) is 16.0. The molecule has 39 heavy (non-hydrogen) atoms. The van der Waals surface area contributed by atoms with E-state index in [1.165, 1.54) is 12.8 Å². The summed E-state index contributed by atoms with van der Waals surface area (Å²) in [6.07, 6.45) is 3.08. The van der Waals surface area contributed by atoms with Gasteiger partial charge in [-0.25, -0.2) is 4.52 Å². The maximum atomic E-state index is 12.8. The third kappa shape index (κ3) is 6.31. The highest BCUT2D eigenvalue weighted by molar-refractivity contribution is 7.53. The van der Waals surface area contributed by atoms with Gasteiger partial charge in [-0.15, -0.1) is 5.10 Å². The quantitative estimate of drug-likeness (QED) is 0.326. The summed E-state index contributed by atoms with van der Waals surface area (Å²) in [5.74, 6) is -0.149. The molecule has 0 aromatic carbocycles. The summed E-state index contributed by atoms with van der Waals surface area (Å²) in [5, 5.41) is 8.27. The van der Waals surface area contributed by atoms with E-state index in [2.05, 4.69) is 22.3 Å². The smallest absolute Gasteiger partial charge is 0.356 e. The number of hydrogen-bond donors (Lipinski definition) is 1. The zero-order valence-corrected chi connectivity index (χ0v) is 25.0. The fraction of sp³-hybridized carbons (Fsp3) is 0.769. The molecule has 13 heteroatoms. The molecule has 5 rings (SSSR count). The summed E-state index contributed by atoms with van der Waals surface area (Å²) in [7, 11) is -3.34. The van der Waals surface area contributed by atoms with Gasteiger partial charge in [0, 0.05) is 17.7 Å². The third-order valence-corrected chi connectivity index (χ3v) is 9.50. The van der Waals surface area contributed by atoms with Crippen LogP contribution < -0.4 is 5.32 Å². The van der Waals surface area contributed by atoms with Crippen LogP contribution in [0.1, 0.15) is 71.9 Å². The van der Waals surface area contributed by atoms with E-state index in [4.69, 9.17) is 39.6 Å². The van der Waals surface area contributed by atoms with Crippen LogP contribution in [0.25, 0.3) is 5.52 Å². The van der Waals surface area contributed by atoms with Crippen molar-refractivity contribution in [2.75, 3.05) is 31.5 Å². The van der Waals surface area contributed by atoms with E-state index in [1.807, 2.05) is 30.5 Å². The van der Waals surface area contributed by atoms with E-state index in [0.29, 0.717) is 6.04 Å². The summed E-state index contributed by atoms with van der Waals surface area (Å²) < 4.78 is 50.3. The average Bonchev–Trinajstić information content (AvgIpc) is 3.64. The molecule has 11 nitrogen and oxygen atoms in total. The number of ether oxygens (including phenoxy) is 4. The molecule has 3 fully saturated rings. The van der Waals surface area contributed by atoms with E-state index in [9.17, 15) is 4.57 Å². The van der Waals surface area contributed by atoms with Gasteiger partial charge < -0.3 is 33.3 Å². The predicted molar refractivity (Wildman–Crippen MR) is 146 cm³/mol. The van der Waals surface area contributed by atoms with Gasteiger partial charge >= 0.3 is 7.60 Å². The van der Waals surface area contributed by atoms with Gasteiger partial charge in [-0.1, -0.05) is 19.8 Å². The van der Waals surface area contributed by atoms with E-state index in [-0.39, 0.29) is 55.7 Å². The van der Waals surface area contributed by atoms with Gasteiger partial charge in [-0.2, -0.15) is 4.98 Å². The lowest BCUT2D eigenvalue weighted by atomic mass is 9.95. The Morgan fingerprint density at radius 3 is 2.56 bits per heavy atom. The fourth-order valence-corrected chi connectivity index (χ4v) is 7.41. The highest BCUT2D eigenvalue weighted by Gasteiger charge is 2.56. The number of nitrogens with zero attached hydrogens (tertiary/aromatic N) is 3. The van der Waals surface area contributed by atoms with Crippen LogP contribution in [0, 0.1) is 0 Å². The van der Waals surface area contributed by atoms with Crippen molar-refractivity contribution in [1.29, 1.82) is 0 Å². The van der Waals surface area contributed by atoms with Crippen LogP contribution in [0.2, 0.25) is 5.28 Å². The molecule has 5 atom stereocenters. The number of anilines is 1. The number of fused-ring (bicyclic) bond motifs is 2. The topological polar surface area (TPSA) is 115 Å². The van der Waals surface area contributed by atoms with Crippen LogP contribution in [0.5, 0.6) is 0 Å². The summed E-state index contributed by atoms with van der Waals surface area (Å²) in [4.78, 5) is 4.49. The summed E-state index contributed by atoms with van der Waals surface area (Å²) in [6, 6.07) is 4.44. The first-order valence-electron chi connectivity index (χ1n) is 13.9. The molecule has 2 aromatic rings. The molecule has 1 unspecified atom stereocenters. The SMILES string of the molecule is CCOP(=O)(COC[C@H]1O[C@H](C(C)c2ccc3c(NC4CCCC4)nc(Cl)nn23)[C@@H]2OC(C)(C)O[C@@H]21)OCC. The first-order chi connectivity index (χ1) is 18.6. The molecule has 2 aliphatic heterocycles. The van der Waals surface area contributed by atoms with Crippen molar-refractivity contribution in [3.05, 3.63) is 23.1 Å². The number of rotatable bonds is 12. The van der Waals surface area contributed by atoms with E-state index >= 15 is 0 Å². The number of hydrogen-bond acceptors (Lipinski definition) is 10. The van der Waals surface area contributed by atoms with E-state index < -0.39 is 19.5 Å². The minimum absolute atomic E-state index is 0.120. The zero-order valence-electron chi connectivity index (χ0n) is 23.3. The Labute approximate surface area is 234 Å². The second kappa shape index (κ2) is 11.9. The molecule has 3 aliphatic rings. The average molecular weight is 587 g/mol. The normalized spacial score (nSPS) is 27.8. The lowest BCUT2D eigenvalue weighted by molar-refractivity contribution is -0.193. The summed E-state index contributed by atoms with van der Waals surface area (Å²) in [6.45, 7) is 10.1. The lowest BCUT2D eigenvalue weighted by Gasteiger charge is -2.27. The van der Waals surface area contributed by atoms with Gasteiger partial charge in [-0.05, 0) is 64.3 Å². The fourth-order valence-electron chi connectivity index (χ4n) is 5.91. The highest BCUT2D eigenvalue weighted by atomic mass is 35.5. The Balaban J connectivity index is 1.34. The molecule has 1 N–H and O–H groups in total. The second-order valence-corrected chi connectivity index (χ2v) is 13.2. The van der Waals surface area contributed by atoms with E-state index in [1.54, 1.807) is 13.8 Å². The molecule has 2 aromatic heterocycles. The second-order valence-electron chi connectivity index (χ2n) is 10.8. The number of nitrogens with one attached hydrogen (secondary N) is 1. The Kier molecular flexibility index (Phi) is 8.91. The van der Waals surface area contributed by atoms with Crippen LogP contribution in [0.15, 0.2) is 12.1 Å². The largest absolute Gasteiger partial charge is 0.366 e. The Bertz CT molecular complexity index is 1180. The molecule has 1 saturated carbocycles. The van der Waals surface area contributed by atoms with Gasteiger partial charge in [0.25, 0.3) is 0 Å². The molecule has 4 heterocycles. The number of aromatic nitrogens is 3. The predicted octanol–water partition coefficient (Wildman–Crippen LogP) is 5.37. The van der Waals surface area contributed by atoms with Gasteiger partial charge in [0.15, 0.2) is 11.6 Å². The van der Waals surface area contributed by atoms with Crippen molar-refractivity contribution in [3.63, 3.8) is 0 Å². The molecule has 1 aliphatic carbocycles. The highest BCUT2D eigenvalue weighted by Crippen LogP contribution is 2.48. The molecule has 2 saturated heterocycles. The summed E-state index contributed by atoms with van der Waals surface area (Å²) in [5.41, 5.74) is 1.80. The van der Waals surface area contributed by atoms with Crippen LogP contribution in [-0.4, -0.2) is 77.0 Å². The van der Waals surface area contributed by atoms with Crippen molar-refractivity contribution in [2.24, 2.45) is 0 Å². The van der Waals surface area contributed by atoms with Crippen molar-refractivity contribution < 1.29 is 32.6 Å². The molecular weight excluding hydrogens is 547 g/mol. The minimum Gasteiger partial charge on any atom is -0.366 e. The number of halogens is 1. The van der Waals surface area contributed by atoms with Gasteiger partial charge in [0.05, 0.1) is 25.9 Å². The van der Waals surface area contributed by atoms with Crippen molar-refractivity contribution in [2.45, 2.75) is 102 Å². The molecule has 0 amide bonds. The van der Waals surface area contributed by atoms with Crippen molar-refractivity contribution >= 4 is 30.5 Å². The lowest BCUT2D eigenvalue weighted by Crippen LogP contribution is -2.33. The van der Waals surface area contributed by atoms with E-state index in [0.717, 1.165) is 29.9 Å². The molecular formula is C26H40ClN4O7P. The van der Waals surface area contributed by atoms with Gasteiger partial charge in [0.1, 0.15) is 30.2 Å². The van der Waals surface area contributed by atoms with Gasteiger partial charge in [0.2, 0.25) is 5.28 Å². The minimum atomic E-state index is -3.34. The molecule has 0 bridgehead atoms. The Morgan fingerprint density at radius 2 is 1.87 bits per heavy atom.